The molecular formula is C8H17BrO2S2. The summed E-state index contributed by atoms with van der Waals surface area (Å²) < 4.78 is 0. The summed E-state index contributed by atoms with van der Waals surface area (Å²) in [4.78, 5) is 19.8. The molecule has 0 N–H and O–H groups in total. The first-order valence-corrected chi connectivity index (χ1v) is 6.94. The quantitative estimate of drug-likeness (QED) is 0.640. The van der Waals surface area contributed by atoms with Gasteiger partial charge in [0.15, 0.2) is 0 Å². The van der Waals surface area contributed by atoms with Crippen LogP contribution in [-0.2, 0) is 9.59 Å². The third kappa shape index (κ3) is 45.5. The number of thioether (sulfide) groups is 1. The molecule has 0 aromatic rings. The van der Waals surface area contributed by atoms with Crippen LogP contribution in [-0.4, -0.2) is 35.2 Å². The van der Waals surface area contributed by atoms with Crippen molar-refractivity contribution in [3.8, 4) is 0 Å². The zero-order valence-electron chi connectivity index (χ0n) is 8.46. The molecule has 0 rings (SSSR count). The van der Waals surface area contributed by atoms with E-state index in [1.807, 2.05) is 6.26 Å². The molecule has 0 atom stereocenters. The van der Waals surface area contributed by atoms with Gasteiger partial charge in [-0.05, 0) is 26.4 Å². The lowest BCUT2D eigenvalue weighted by Crippen LogP contribution is -1.90. The fourth-order valence-electron chi connectivity index (χ4n) is 0.203. The molecule has 80 valence electrons. The fourth-order valence-corrected chi connectivity index (χ4v) is 0.610. The molecule has 0 spiro atoms. The molecule has 2 nitrogen and oxygen atoms in total. The molecular weight excluding hydrogens is 272 g/mol. The van der Waals surface area contributed by atoms with Gasteiger partial charge in [0, 0.05) is 0 Å². The average molecular weight is 289 g/mol. The van der Waals surface area contributed by atoms with E-state index >= 15 is 0 Å². The number of carbonyl (C=O) groups excluding carboxylic acids is 2. The summed E-state index contributed by atoms with van der Waals surface area (Å²) in [6.07, 6.45) is 3.61. The van der Waals surface area contributed by atoms with E-state index in [0.29, 0.717) is 11.1 Å². The average Bonchev–Trinajstić information content (AvgIpc) is 2.09. The minimum atomic E-state index is 0.171. The van der Waals surface area contributed by atoms with E-state index in [9.17, 15) is 9.59 Å². The van der Waals surface area contributed by atoms with Crippen LogP contribution in [0.15, 0.2) is 0 Å². The van der Waals surface area contributed by atoms with Crippen molar-refractivity contribution in [2.75, 3.05) is 23.6 Å². The van der Waals surface area contributed by atoms with E-state index in [1.165, 1.54) is 6.92 Å². The molecule has 0 amide bonds. The molecule has 0 aliphatic rings. The maximum absolute atomic E-state index is 10.0. The zero-order valence-corrected chi connectivity index (χ0v) is 11.8. The van der Waals surface area contributed by atoms with Crippen LogP contribution in [0, 0.1) is 0 Å². The summed E-state index contributed by atoms with van der Waals surface area (Å²) in [6, 6.07) is 0. The van der Waals surface area contributed by atoms with Crippen LogP contribution in [0.4, 0.5) is 0 Å². The molecule has 0 heterocycles. The van der Waals surface area contributed by atoms with E-state index in [-0.39, 0.29) is 11.6 Å². The minimum absolute atomic E-state index is 0.171. The summed E-state index contributed by atoms with van der Waals surface area (Å²) in [5.41, 5.74) is 0. The lowest BCUT2D eigenvalue weighted by Gasteiger charge is -1.81. The number of thiol groups is 1. The normalized spacial score (nSPS) is 7.23. The number of hydrogen-bond donors (Lipinski definition) is 1. The minimum Gasteiger partial charge on any atom is -0.299 e. The molecule has 0 unspecified atom stereocenters. The Bertz CT molecular complexity index is 129. The lowest BCUT2D eigenvalue weighted by molar-refractivity contribution is -0.115. The molecule has 0 aliphatic heterocycles. The second-order valence-electron chi connectivity index (χ2n) is 1.97. The van der Waals surface area contributed by atoms with Crippen molar-refractivity contribution in [3.63, 3.8) is 0 Å². The Morgan fingerprint density at radius 3 is 1.54 bits per heavy atom. The zero-order chi connectivity index (χ0) is 11.3. The highest BCUT2D eigenvalue weighted by Gasteiger charge is 1.84. The van der Waals surface area contributed by atoms with Crippen LogP contribution in [0.3, 0.4) is 0 Å². The van der Waals surface area contributed by atoms with Gasteiger partial charge in [-0.15, -0.1) is 0 Å². The molecule has 0 aliphatic carbocycles. The van der Waals surface area contributed by atoms with Gasteiger partial charge in [-0.25, -0.2) is 0 Å². The molecule has 0 aromatic carbocycles. The summed E-state index contributed by atoms with van der Waals surface area (Å²) in [6.45, 7) is 3.13. The van der Waals surface area contributed by atoms with E-state index in [4.69, 9.17) is 0 Å². The standard InChI is InChI=1S/C4H8OS.C3H5BrO.CH4S/c1-4(5)3-6-2;1-3(5)2-4;1-2/h3H2,1-2H3;2H2,1H3;2H,1H3. The highest BCUT2D eigenvalue weighted by Crippen LogP contribution is 1.88. The Hall–Kier alpha value is 0.520. The second kappa shape index (κ2) is 18.3. The van der Waals surface area contributed by atoms with Gasteiger partial charge in [0.05, 0.1) is 11.1 Å². The van der Waals surface area contributed by atoms with Crippen LogP contribution in [0.5, 0.6) is 0 Å². The smallest absolute Gasteiger partial charge is 0.140 e. The molecule has 0 saturated heterocycles. The molecule has 13 heavy (non-hydrogen) atoms. The van der Waals surface area contributed by atoms with Crippen molar-refractivity contribution in [2.24, 2.45) is 0 Å². The number of rotatable bonds is 3. The first kappa shape index (κ1) is 19.1. The van der Waals surface area contributed by atoms with E-state index in [1.54, 1.807) is 24.9 Å². The van der Waals surface area contributed by atoms with Crippen molar-refractivity contribution in [3.05, 3.63) is 0 Å². The fraction of sp³-hybridized carbons (Fsp3) is 0.750. The van der Waals surface area contributed by atoms with E-state index < -0.39 is 0 Å². The monoisotopic (exact) mass is 288 g/mol. The van der Waals surface area contributed by atoms with Gasteiger partial charge in [-0.3, -0.25) is 9.59 Å². The van der Waals surface area contributed by atoms with Crippen molar-refractivity contribution < 1.29 is 9.59 Å². The van der Waals surface area contributed by atoms with Gasteiger partial charge in [0.2, 0.25) is 0 Å². The molecule has 0 radical (unpaired) electrons. The predicted molar refractivity (Wildman–Crippen MR) is 68.4 cm³/mol. The predicted octanol–water partition coefficient (Wildman–Crippen LogP) is 2.45. The van der Waals surface area contributed by atoms with Crippen LogP contribution < -0.4 is 0 Å². The summed E-state index contributed by atoms with van der Waals surface area (Å²) in [7, 11) is 0. The topological polar surface area (TPSA) is 34.1 Å². The van der Waals surface area contributed by atoms with Crippen molar-refractivity contribution >= 4 is 51.9 Å². The van der Waals surface area contributed by atoms with Crippen LogP contribution in [0.25, 0.3) is 0 Å². The molecule has 0 aromatic heterocycles. The van der Waals surface area contributed by atoms with Crippen LogP contribution in [0.1, 0.15) is 13.8 Å². The maximum atomic E-state index is 10.0. The van der Waals surface area contributed by atoms with E-state index in [2.05, 4.69) is 28.6 Å². The second-order valence-corrected chi connectivity index (χ2v) is 3.40. The first-order valence-electron chi connectivity index (χ1n) is 3.53. The number of alkyl halides is 1. The van der Waals surface area contributed by atoms with Gasteiger partial charge in [0.1, 0.15) is 11.6 Å². The highest BCUT2D eigenvalue weighted by molar-refractivity contribution is 9.09. The Morgan fingerprint density at radius 1 is 1.23 bits per heavy atom. The number of carbonyl (C=O) groups is 2. The van der Waals surface area contributed by atoms with Crippen molar-refractivity contribution in [2.45, 2.75) is 13.8 Å². The maximum Gasteiger partial charge on any atom is 0.140 e. The highest BCUT2D eigenvalue weighted by atomic mass is 79.9. The summed E-state index contributed by atoms with van der Waals surface area (Å²) >= 11 is 8.05. The van der Waals surface area contributed by atoms with Crippen LogP contribution in [0.2, 0.25) is 0 Å². The largest absolute Gasteiger partial charge is 0.299 e. The molecule has 0 fully saturated rings. The van der Waals surface area contributed by atoms with Gasteiger partial charge < -0.3 is 0 Å². The molecule has 0 saturated carbocycles. The SMILES string of the molecule is CC(=O)CBr.CS.CSCC(C)=O. The number of Topliss-reactive ketones (excluding diaryl/α,β-unsaturated/α-hetero) is 2. The summed E-state index contributed by atoms with van der Waals surface area (Å²) in [5.74, 6) is 1.08. The van der Waals surface area contributed by atoms with Gasteiger partial charge in [-0.2, -0.15) is 24.4 Å². The first-order chi connectivity index (χ1) is 6.04. The molecule has 5 heteroatoms. The van der Waals surface area contributed by atoms with Gasteiger partial charge in [-0.1, -0.05) is 15.9 Å². The number of ketones is 2. The summed E-state index contributed by atoms with van der Waals surface area (Å²) in [5, 5.41) is 0.479. The molecule has 0 bridgehead atoms. The van der Waals surface area contributed by atoms with Crippen LogP contribution >= 0.6 is 40.3 Å². The number of halogens is 1. The lowest BCUT2D eigenvalue weighted by atomic mass is 10.5. The van der Waals surface area contributed by atoms with Crippen molar-refractivity contribution in [1.82, 2.24) is 0 Å². The third-order valence-corrected chi connectivity index (χ3v) is 2.02. The Balaban J connectivity index is -0.000000131. The Labute approximate surface area is 98.8 Å². The Morgan fingerprint density at radius 2 is 1.54 bits per heavy atom. The van der Waals surface area contributed by atoms with Gasteiger partial charge >= 0.3 is 0 Å². The van der Waals surface area contributed by atoms with Crippen molar-refractivity contribution in [1.29, 1.82) is 0 Å². The van der Waals surface area contributed by atoms with E-state index in [0.717, 1.165) is 0 Å². The third-order valence-electron chi connectivity index (χ3n) is 0.536. The Kier molecular flexibility index (Phi) is 27.0. The number of hydrogen-bond acceptors (Lipinski definition) is 4. The van der Waals surface area contributed by atoms with Gasteiger partial charge in [0.25, 0.3) is 0 Å².